The van der Waals surface area contributed by atoms with Crippen LogP contribution in [0.1, 0.15) is 44.9 Å². The Bertz CT molecular complexity index is 445. The fourth-order valence-corrected chi connectivity index (χ4v) is 2.51. The minimum atomic E-state index is -0.759. The highest BCUT2D eigenvalue weighted by Crippen LogP contribution is 2.06. The van der Waals surface area contributed by atoms with E-state index in [0.717, 1.165) is 58.5 Å². The molecule has 0 radical (unpaired) electrons. The molecule has 0 bridgehead atoms. The van der Waals surface area contributed by atoms with Crippen LogP contribution in [0.3, 0.4) is 0 Å². The Morgan fingerprint density at radius 1 is 0.724 bits per heavy atom. The van der Waals surface area contributed by atoms with E-state index in [4.69, 9.17) is 20.4 Å². The Morgan fingerprint density at radius 3 is 1.38 bits per heavy atom. The lowest BCUT2D eigenvalue weighted by Gasteiger charge is -2.09. The molecule has 10 heteroatoms. The quantitative estimate of drug-likeness (QED) is 0.337. The topological polar surface area (TPSA) is 146 Å². The van der Waals surface area contributed by atoms with E-state index in [2.05, 4.69) is 9.98 Å². The molecule has 0 aromatic carbocycles. The summed E-state index contributed by atoms with van der Waals surface area (Å²) in [6.07, 6.45) is 8.10. The van der Waals surface area contributed by atoms with Crippen molar-refractivity contribution in [1.82, 2.24) is 9.80 Å². The van der Waals surface area contributed by atoms with Crippen LogP contribution in [0.15, 0.2) is 9.98 Å². The molecule has 0 aromatic heterocycles. The average molecular weight is 417 g/mol. The molecular weight excluding hydrogens is 380 g/mol. The zero-order valence-electron chi connectivity index (χ0n) is 17.2. The maximum absolute atomic E-state index is 10.1. The lowest BCUT2D eigenvalue weighted by molar-refractivity contribution is -0.138. The summed E-state index contributed by atoms with van der Waals surface area (Å²) in [5, 5.41) is 33.5. The molecule has 4 N–H and O–H groups in total. The van der Waals surface area contributed by atoms with Crippen LogP contribution < -0.4 is 0 Å². The normalized spacial score (nSPS) is 14.3. The first-order chi connectivity index (χ1) is 14.0. The highest BCUT2D eigenvalue weighted by Gasteiger charge is 2.02. The van der Waals surface area contributed by atoms with Gasteiger partial charge in [0.2, 0.25) is 0 Å². The van der Waals surface area contributed by atoms with Gasteiger partial charge in [-0.05, 0) is 12.8 Å². The van der Waals surface area contributed by atoms with Gasteiger partial charge in [0.05, 0.1) is 39.0 Å². The number of carboxylic acids is 2. The van der Waals surface area contributed by atoms with Crippen LogP contribution in [0.4, 0.5) is 0 Å². The molecule has 0 aliphatic carbocycles. The first-order valence-electron chi connectivity index (χ1n) is 10.1. The SMILES string of the molecule is O=C(O)CCCCCCCC(=O)O.OCCN1C=NCC1.OCCN1C=NCC1. The van der Waals surface area contributed by atoms with Gasteiger partial charge in [0.25, 0.3) is 0 Å². The van der Waals surface area contributed by atoms with Gasteiger partial charge in [0.15, 0.2) is 0 Å². The molecule has 0 spiro atoms. The van der Waals surface area contributed by atoms with Crippen molar-refractivity contribution in [2.75, 3.05) is 52.5 Å². The number of aliphatic hydroxyl groups is 2. The second-order valence-corrected chi connectivity index (χ2v) is 6.62. The van der Waals surface area contributed by atoms with Crippen LogP contribution in [0.25, 0.3) is 0 Å². The Kier molecular flexibility index (Phi) is 17.7. The fourth-order valence-electron chi connectivity index (χ4n) is 2.51. The molecule has 0 fully saturated rings. The van der Waals surface area contributed by atoms with E-state index in [1.165, 1.54) is 0 Å². The van der Waals surface area contributed by atoms with Crippen molar-refractivity contribution in [2.45, 2.75) is 44.9 Å². The second-order valence-electron chi connectivity index (χ2n) is 6.62. The molecule has 0 amide bonds. The number of hydrogen-bond donors (Lipinski definition) is 4. The summed E-state index contributed by atoms with van der Waals surface area (Å²) in [5.74, 6) is -1.52. The van der Waals surface area contributed by atoms with Crippen molar-refractivity contribution >= 4 is 24.6 Å². The summed E-state index contributed by atoms with van der Waals surface area (Å²) in [5.41, 5.74) is 0. The number of nitrogens with zero attached hydrogens (tertiary/aromatic N) is 4. The average Bonchev–Trinajstić information content (AvgIpc) is 3.36. The van der Waals surface area contributed by atoms with E-state index >= 15 is 0 Å². The van der Waals surface area contributed by atoms with Gasteiger partial charge in [-0.15, -0.1) is 0 Å². The first-order valence-corrected chi connectivity index (χ1v) is 10.1. The molecule has 0 unspecified atom stereocenters. The summed E-state index contributed by atoms with van der Waals surface area (Å²) in [4.78, 5) is 32.1. The Balaban J connectivity index is 0.000000423. The Morgan fingerprint density at radius 2 is 1.10 bits per heavy atom. The predicted octanol–water partition coefficient (Wildman–Crippen LogP) is 0.532. The molecule has 0 saturated carbocycles. The summed E-state index contributed by atoms with van der Waals surface area (Å²) >= 11 is 0. The summed E-state index contributed by atoms with van der Waals surface area (Å²) in [6.45, 7) is 5.63. The second kappa shape index (κ2) is 19.1. The highest BCUT2D eigenvalue weighted by molar-refractivity contribution is 5.66. The lowest BCUT2D eigenvalue weighted by atomic mass is 10.1. The van der Waals surface area contributed by atoms with Gasteiger partial charge >= 0.3 is 11.9 Å². The van der Waals surface area contributed by atoms with Gasteiger partial charge in [0, 0.05) is 39.0 Å². The zero-order chi connectivity index (χ0) is 21.7. The van der Waals surface area contributed by atoms with Gasteiger partial charge < -0.3 is 30.2 Å². The van der Waals surface area contributed by atoms with Crippen LogP contribution in [-0.2, 0) is 9.59 Å². The van der Waals surface area contributed by atoms with Crippen molar-refractivity contribution < 1.29 is 30.0 Å². The van der Waals surface area contributed by atoms with Crippen LogP contribution in [0.5, 0.6) is 0 Å². The summed E-state index contributed by atoms with van der Waals surface area (Å²) < 4.78 is 0. The molecule has 0 saturated heterocycles. The molecule has 0 atom stereocenters. The number of carboxylic acid groups (broad SMARTS) is 2. The van der Waals surface area contributed by atoms with E-state index in [9.17, 15) is 9.59 Å². The maximum Gasteiger partial charge on any atom is 0.303 e. The van der Waals surface area contributed by atoms with E-state index in [0.29, 0.717) is 12.8 Å². The number of aliphatic hydroxyl groups excluding tert-OH is 2. The lowest BCUT2D eigenvalue weighted by Crippen LogP contribution is -2.22. The predicted molar refractivity (Wildman–Crippen MR) is 112 cm³/mol. The summed E-state index contributed by atoms with van der Waals surface area (Å²) in [7, 11) is 0. The Labute approximate surface area is 172 Å². The number of aliphatic imine (C=N–C) groups is 2. The minimum absolute atomic E-state index is 0.221. The smallest absolute Gasteiger partial charge is 0.303 e. The Hall–Kier alpha value is -2.20. The van der Waals surface area contributed by atoms with Crippen LogP contribution >= 0.6 is 0 Å². The molecule has 2 rings (SSSR count). The third-order valence-electron chi connectivity index (χ3n) is 4.08. The number of unbranched alkanes of at least 4 members (excludes halogenated alkanes) is 4. The molecule has 2 aliphatic heterocycles. The fraction of sp³-hybridized carbons (Fsp3) is 0.789. The highest BCUT2D eigenvalue weighted by atomic mass is 16.4. The zero-order valence-corrected chi connectivity index (χ0v) is 17.2. The molecule has 10 nitrogen and oxygen atoms in total. The number of aliphatic carboxylic acids is 2. The molecule has 2 aliphatic rings. The molecule has 168 valence electrons. The largest absolute Gasteiger partial charge is 0.481 e. The van der Waals surface area contributed by atoms with Crippen LogP contribution in [0, 0.1) is 0 Å². The maximum atomic E-state index is 10.1. The van der Waals surface area contributed by atoms with E-state index in [-0.39, 0.29) is 26.1 Å². The van der Waals surface area contributed by atoms with Gasteiger partial charge in [-0.25, -0.2) is 0 Å². The van der Waals surface area contributed by atoms with E-state index in [1.54, 1.807) is 12.7 Å². The minimum Gasteiger partial charge on any atom is -0.481 e. The molecule has 2 heterocycles. The third-order valence-corrected chi connectivity index (χ3v) is 4.08. The molecular formula is C19H36N4O6. The van der Waals surface area contributed by atoms with E-state index < -0.39 is 11.9 Å². The monoisotopic (exact) mass is 416 g/mol. The van der Waals surface area contributed by atoms with Gasteiger partial charge in [-0.3, -0.25) is 19.6 Å². The van der Waals surface area contributed by atoms with Crippen molar-refractivity contribution in [3.05, 3.63) is 0 Å². The van der Waals surface area contributed by atoms with Crippen molar-refractivity contribution in [2.24, 2.45) is 9.98 Å². The summed E-state index contributed by atoms with van der Waals surface area (Å²) in [6, 6.07) is 0. The standard InChI is InChI=1S/C9H16O4.2C5H10N2O/c10-8(11)6-4-2-1-3-5-7-9(12)13;2*8-4-3-7-2-1-6-5-7/h1-7H2,(H,10,11)(H,12,13);2*5,8H,1-4H2. The van der Waals surface area contributed by atoms with Gasteiger partial charge in [-0.2, -0.15) is 0 Å². The first kappa shape index (κ1) is 26.8. The number of rotatable bonds is 12. The van der Waals surface area contributed by atoms with E-state index in [1.807, 2.05) is 9.80 Å². The number of hydrogen-bond acceptors (Lipinski definition) is 8. The van der Waals surface area contributed by atoms with Gasteiger partial charge in [0.1, 0.15) is 0 Å². The van der Waals surface area contributed by atoms with Crippen molar-refractivity contribution in [3.8, 4) is 0 Å². The molecule has 0 aromatic rings. The third kappa shape index (κ3) is 18.9. The van der Waals surface area contributed by atoms with Crippen molar-refractivity contribution in [3.63, 3.8) is 0 Å². The van der Waals surface area contributed by atoms with Crippen molar-refractivity contribution in [1.29, 1.82) is 0 Å². The van der Waals surface area contributed by atoms with Crippen LogP contribution in [-0.4, -0.2) is 107 Å². The molecule has 29 heavy (non-hydrogen) atoms. The van der Waals surface area contributed by atoms with Gasteiger partial charge in [-0.1, -0.05) is 19.3 Å². The van der Waals surface area contributed by atoms with Crippen LogP contribution in [0.2, 0.25) is 0 Å². The number of β-amino-alcohol motifs (C(OH)–C–C–N with tert-alkyl or cyclic N) is 2. The number of carbonyl (C=O) groups is 2.